The van der Waals surface area contributed by atoms with E-state index in [1.807, 2.05) is 54.6 Å². The monoisotopic (exact) mass is 419 g/mol. The van der Waals surface area contributed by atoms with Gasteiger partial charge in [-0.1, -0.05) is 64.5 Å². The molecule has 0 saturated heterocycles. The smallest absolute Gasteiger partial charge is 0.262 e. The van der Waals surface area contributed by atoms with Gasteiger partial charge in [0, 0.05) is 24.8 Å². The van der Waals surface area contributed by atoms with Gasteiger partial charge in [-0.25, -0.2) is 8.42 Å². The average molecular weight is 420 g/mol. The molecular formula is C18H18BrN3O2S. The minimum atomic E-state index is -3.75. The Morgan fingerprint density at radius 2 is 1.68 bits per heavy atom. The lowest BCUT2D eigenvalue weighted by Gasteiger charge is -2.28. The molecular weight excluding hydrogens is 402 g/mol. The number of rotatable bonds is 5. The van der Waals surface area contributed by atoms with Gasteiger partial charge in [-0.2, -0.15) is 9.40 Å². The molecule has 3 aromatic rings. The summed E-state index contributed by atoms with van der Waals surface area (Å²) in [6, 6.07) is 18.2. The van der Waals surface area contributed by atoms with E-state index in [0.717, 1.165) is 15.6 Å². The highest BCUT2D eigenvalue weighted by atomic mass is 79.9. The first-order valence-electron chi connectivity index (χ1n) is 7.68. The predicted octanol–water partition coefficient (Wildman–Crippen LogP) is 3.59. The Balaban J connectivity index is 2.13. The molecule has 1 atom stereocenters. The fourth-order valence-corrected chi connectivity index (χ4v) is 4.51. The fourth-order valence-electron chi connectivity index (χ4n) is 2.74. The lowest BCUT2D eigenvalue weighted by Crippen LogP contribution is -2.32. The van der Waals surface area contributed by atoms with Gasteiger partial charge in [-0.3, -0.25) is 4.68 Å². The largest absolute Gasteiger partial charge is 0.274 e. The number of aryl methyl sites for hydroxylation is 1. The SMILES string of the molecule is CN(C(c1ccccc1)c1ccccc1Br)S(=O)(=O)c1ccn(C)n1. The van der Waals surface area contributed by atoms with E-state index in [0.29, 0.717) is 0 Å². The minimum absolute atomic E-state index is 0.0329. The van der Waals surface area contributed by atoms with Crippen molar-refractivity contribution in [2.75, 3.05) is 7.05 Å². The van der Waals surface area contributed by atoms with E-state index in [9.17, 15) is 8.42 Å². The summed E-state index contributed by atoms with van der Waals surface area (Å²) in [6.07, 6.45) is 1.62. The molecule has 0 amide bonds. The predicted molar refractivity (Wildman–Crippen MR) is 101 cm³/mol. The molecule has 1 aromatic heterocycles. The molecule has 130 valence electrons. The zero-order valence-corrected chi connectivity index (χ0v) is 16.3. The van der Waals surface area contributed by atoms with Crippen molar-refractivity contribution in [1.29, 1.82) is 0 Å². The standard InChI is InChI=1S/C18H18BrN3O2S/c1-21-13-12-17(20-21)25(23,24)22(2)18(14-8-4-3-5-9-14)15-10-6-7-11-16(15)19/h3-13,18H,1-2H3. The molecule has 0 aliphatic carbocycles. The summed E-state index contributed by atoms with van der Waals surface area (Å²) in [5.41, 5.74) is 1.76. The maximum Gasteiger partial charge on any atom is 0.262 e. The van der Waals surface area contributed by atoms with Crippen LogP contribution in [0.25, 0.3) is 0 Å². The number of benzene rings is 2. The summed E-state index contributed by atoms with van der Waals surface area (Å²) in [5.74, 6) is 0. The first-order valence-corrected chi connectivity index (χ1v) is 9.91. The van der Waals surface area contributed by atoms with Gasteiger partial charge in [0.2, 0.25) is 0 Å². The van der Waals surface area contributed by atoms with Crippen LogP contribution in [0.2, 0.25) is 0 Å². The van der Waals surface area contributed by atoms with E-state index < -0.39 is 16.1 Å². The van der Waals surface area contributed by atoms with Gasteiger partial charge in [0.15, 0.2) is 5.03 Å². The zero-order valence-electron chi connectivity index (χ0n) is 13.9. The van der Waals surface area contributed by atoms with Gasteiger partial charge >= 0.3 is 0 Å². The van der Waals surface area contributed by atoms with Crippen LogP contribution in [0.3, 0.4) is 0 Å². The molecule has 0 aliphatic rings. The summed E-state index contributed by atoms with van der Waals surface area (Å²) >= 11 is 3.55. The molecule has 0 bridgehead atoms. The van der Waals surface area contributed by atoms with E-state index in [1.54, 1.807) is 20.3 Å². The van der Waals surface area contributed by atoms with Crippen LogP contribution < -0.4 is 0 Å². The van der Waals surface area contributed by atoms with Crippen molar-refractivity contribution in [2.24, 2.45) is 7.05 Å². The van der Waals surface area contributed by atoms with E-state index in [1.165, 1.54) is 15.1 Å². The van der Waals surface area contributed by atoms with Gasteiger partial charge in [0.25, 0.3) is 10.0 Å². The van der Waals surface area contributed by atoms with Gasteiger partial charge in [-0.15, -0.1) is 0 Å². The normalized spacial score (nSPS) is 13.1. The highest BCUT2D eigenvalue weighted by molar-refractivity contribution is 9.10. The van der Waals surface area contributed by atoms with Crippen molar-refractivity contribution in [2.45, 2.75) is 11.1 Å². The maximum atomic E-state index is 13.1. The quantitative estimate of drug-likeness (QED) is 0.634. The number of nitrogens with zero attached hydrogens (tertiary/aromatic N) is 3. The molecule has 7 heteroatoms. The van der Waals surface area contributed by atoms with Gasteiger partial charge in [0.1, 0.15) is 0 Å². The van der Waals surface area contributed by atoms with Crippen molar-refractivity contribution in [3.05, 3.63) is 82.5 Å². The van der Waals surface area contributed by atoms with Crippen molar-refractivity contribution in [3.8, 4) is 0 Å². The van der Waals surface area contributed by atoms with Gasteiger partial charge in [-0.05, 0) is 23.3 Å². The second kappa shape index (κ2) is 7.11. The lowest BCUT2D eigenvalue weighted by molar-refractivity contribution is 0.414. The Kier molecular flexibility index (Phi) is 5.08. The van der Waals surface area contributed by atoms with Crippen LogP contribution in [0.5, 0.6) is 0 Å². The number of halogens is 1. The third-order valence-electron chi connectivity index (χ3n) is 4.01. The Bertz CT molecular complexity index is 971. The molecule has 2 aromatic carbocycles. The molecule has 0 N–H and O–H groups in total. The van der Waals surface area contributed by atoms with Crippen LogP contribution in [0.15, 0.2) is 76.4 Å². The summed E-state index contributed by atoms with van der Waals surface area (Å²) in [6.45, 7) is 0. The molecule has 5 nitrogen and oxygen atoms in total. The summed E-state index contributed by atoms with van der Waals surface area (Å²) in [5, 5.41) is 4.10. The van der Waals surface area contributed by atoms with Crippen molar-refractivity contribution < 1.29 is 8.42 Å². The summed E-state index contributed by atoms with van der Waals surface area (Å²) in [4.78, 5) is 0. The first kappa shape index (κ1) is 17.8. The summed E-state index contributed by atoms with van der Waals surface area (Å²) in [7, 11) is -0.470. The molecule has 3 rings (SSSR count). The molecule has 1 unspecified atom stereocenters. The average Bonchev–Trinajstić information content (AvgIpc) is 3.05. The van der Waals surface area contributed by atoms with Gasteiger partial charge < -0.3 is 0 Å². The van der Waals surface area contributed by atoms with E-state index in [2.05, 4.69) is 21.0 Å². The molecule has 0 fully saturated rings. The van der Waals surface area contributed by atoms with Crippen molar-refractivity contribution >= 4 is 26.0 Å². The molecule has 0 aliphatic heterocycles. The Morgan fingerprint density at radius 3 is 2.28 bits per heavy atom. The van der Waals surface area contributed by atoms with Crippen LogP contribution in [-0.4, -0.2) is 29.6 Å². The second-order valence-corrected chi connectivity index (χ2v) is 8.48. The topological polar surface area (TPSA) is 55.2 Å². The van der Waals surface area contributed by atoms with E-state index in [-0.39, 0.29) is 5.03 Å². The molecule has 0 radical (unpaired) electrons. The highest BCUT2D eigenvalue weighted by Gasteiger charge is 2.32. The molecule has 25 heavy (non-hydrogen) atoms. The van der Waals surface area contributed by atoms with Crippen LogP contribution in [0.1, 0.15) is 17.2 Å². The maximum absolute atomic E-state index is 13.1. The van der Waals surface area contributed by atoms with E-state index >= 15 is 0 Å². The van der Waals surface area contributed by atoms with Gasteiger partial charge in [0.05, 0.1) is 6.04 Å². The Hall–Kier alpha value is -1.96. The second-order valence-electron chi connectivity index (χ2n) is 5.68. The van der Waals surface area contributed by atoms with Crippen LogP contribution in [0, 0.1) is 0 Å². The third-order valence-corrected chi connectivity index (χ3v) is 6.45. The van der Waals surface area contributed by atoms with Crippen LogP contribution in [-0.2, 0) is 17.1 Å². The third kappa shape index (κ3) is 3.53. The minimum Gasteiger partial charge on any atom is -0.274 e. The lowest BCUT2D eigenvalue weighted by atomic mass is 9.99. The molecule has 0 saturated carbocycles. The van der Waals surface area contributed by atoms with Crippen molar-refractivity contribution in [1.82, 2.24) is 14.1 Å². The number of hydrogen-bond donors (Lipinski definition) is 0. The Labute approximate surface area is 156 Å². The Morgan fingerprint density at radius 1 is 1.04 bits per heavy atom. The number of hydrogen-bond acceptors (Lipinski definition) is 3. The number of sulfonamides is 1. The van der Waals surface area contributed by atoms with Crippen LogP contribution in [0.4, 0.5) is 0 Å². The first-order chi connectivity index (χ1) is 11.9. The number of aromatic nitrogens is 2. The van der Waals surface area contributed by atoms with Crippen molar-refractivity contribution in [3.63, 3.8) is 0 Å². The van der Waals surface area contributed by atoms with Crippen LogP contribution >= 0.6 is 15.9 Å². The highest BCUT2D eigenvalue weighted by Crippen LogP contribution is 2.35. The van der Waals surface area contributed by atoms with E-state index in [4.69, 9.17) is 0 Å². The summed E-state index contributed by atoms with van der Waals surface area (Å²) < 4.78 is 29.9. The molecule has 1 heterocycles. The molecule has 0 spiro atoms. The zero-order chi connectivity index (χ0) is 18.0. The fraction of sp³-hybridized carbons (Fsp3) is 0.167.